The van der Waals surface area contributed by atoms with Gasteiger partial charge >= 0.3 is 0 Å². The smallest absolute Gasteiger partial charge is 0.147 e. The summed E-state index contributed by atoms with van der Waals surface area (Å²) in [5.41, 5.74) is 5.80. The minimum Gasteiger partial charge on any atom is -0.359 e. The Morgan fingerprint density at radius 3 is 2.64 bits per heavy atom. The maximum Gasteiger partial charge on any atom is 0.147 e. The predicted octanol–water partition coefficient (Wildman–Crippen LogP) is 4.55. The molecule has 1 atom stereocenters. The van der Waals surface area contributed by atoms with Crippen LogP contribution in [0.25, 0.3) is 11.3 Å². The van der Waals surface area contributed by atoms with Crippen molar-refractivity contribution in [3.63, 3.8) is 0 Å². The molecule has 4 rings (SSSR count). The van der Waals surface area contributed by atoms with Crippen LogP contribution in [0.3, 0.4) is 0 Å². The van der Waals surface area contributed by atoms with Crippen molar-refractivity contribution in [2.24, 2.45) is 0 Å². The second-order valence-electron chi connectivity index (χ2n) is 5.48. The van der Waals surface area contributed by atoms with Gasteiger partial charge in [0.05, 0.1) is 11.4 Å². The molecule has 1 aromatic heterocycles. The molecule has 0 aliphatic carbocycles. The summed E-state index contributed by atoms with van der Waals surface area (Å²) in [7, 11) is 0. The van der Waals surface area contributed by atoms with Crippen molar-refractivity contribution in [2.45, 2.75) is 18.0 Å². The van der Waals surface area contributed by atoms with E-state index in [-0.39, 0.29) is 6.17 Å². The molecule has 2 aromatic carbocycles. The Hall–Kier alpha value is -2.20. The number of anilines is 1. The normalized spacial score (nSPS) is 15.8. The van der Waals surface area contributed by atoms with Gasteiger partial charge in [0.15, 0.2) is 0 Å². The summed E-state index contributed by atoms with van der Waals surface area (Å²) in [5, 5.41) is 8.31. The topological polar surface area (TPSA) is 29.9 Å². The number of hydrogen-bond donors (Lipinski definition) is 1. The lowest BCUT2D eigenvalue weighted by molar-refractivity contribution is 0.571. The summed E-state index contributed by atoms with van der Waals surface area (Å²) in [4.78, 5) is 1.27. The minimum atomic E-state index is 0.0366. The third kappa shape index (κ3) is 2.11. The van der Waals surface area contributed by atoms with Crippen molar-refractivity contribution in [2.75, 3.05) is 11.6 Å². The molecule has 0 saturated carbocycles. The Morgan fingerprint density at radius 2 is 1.86 bits per heavy atom. The molecule has 22 heavy (non-hydrogen) atoms. The second-order valence-corrected chi connectivity index (χ2v) is 6.36. The molecule has 1 aliphatic heterocycles. The molecule has 0 fully saturated rings. The van der Waals surface area contributed by atoms with Crippen LogP contribution in [0, 0.1) is 6.92 Å². The van der Waals surface area contributed by atoms with E-state index in [0.717, 1.165) is 11.4 Å². The molecule has 0 unspecified atom stereocenters. The van der Waals surface area contributed by atoms with Crippen molar-refractivity contribution in [3.05, 3.63) is 65.9 Å². The van der Waals surface area contributed by atoms with E-state index >= 15 is 0 Å². The number of para-hydroxylation sites is 1. The Balaban J connectivity index is 1.84. The average Bonchev–Trinajstić information content (AvgIpc) is 2.96. The summed E-state index contributed by atoms with van der Waals surface area (Å²) in [6, 6.07) is 19.3. The molecular weight excluding hydrogens is 290 g/mol. The number of nitrogens with zero attached hydrogens (tertiary/aromatic N) is 2. The van der Waals surface area contributed by atoms with Gasteiger partial charge in [-0.1, -0.05) is 30.3 Å². The number of aromatic nitrogens is 2. The molecular formula is C18H17N3S. The SMILES string of the molecule is CSc1ccc([C@H]2Nc3ccccc3-c3cc(C)nn32)cc1. The number of benzene rings is 2. The number of rotatable bonds is 2. The van der Waals surface area contributed by atoms with Crippen LogP contribution in [0.2, 0.25) is 0 Å². The monoisotopic (exact) mass is 307 g/mol. The van der Waals surface area contributed by atoms with Crippen LogP contribution in [-0.4, -0.2) is 16.0 Å². The van der Waals surface area contributed by atoms with E-state index in [1.807, 2.05) is 6.92 Å². The van der Waals surface area contributed by atoms with Gasteiger partial charge in [0.25, 0.3) is 0 Å². The number of nitrogens with one attached hydrogen (secondary N) is 1. The fraction of sp³-hybridized carbons (Fsp3) is 0.167. The van der Waals surface area contributed by atoms with Crippen molar-refractivity contribution >= 4 is 17.4 Å². The Bertz CT molecular complexity index is 821. The molecule has 1 N–H and O–H groups in total. The Morgan fingerprint density at radius 1 is 1.09 bits per heavy atom. The van der Waals surface area contributed by atoms with Crippen LogP contribution < -0.4 is 5.32 Å². The summed E-state index contributed by atoms with van der Waals surface area (Å²) < 4.78 is 2.09. The van der Waals surface area contributed by atoms with Gasteiger partial charge < -0.3 is 5.32 Å². The summed E-state index contributed by atoms with van der Waals surface area (Å²) >= 11 is 1.76. The van der Waals surface area contributed by atoms with Gasteiger partial charge in [0.1, 0.15) is 6.17 Å². The van der Waals surface area contributed by atoms with Crippen molar-refractivity contribution < 1.29 is 0 Å². The van der Waals surface area contributed by atoms with E-state index in [1.165, 1.54) is 21.7 Å². The molecule has 0 radical (unpaired) electrons. The predicted molar refractivity (Wildman–Crippen MR) is 92.4 cm³/mol. The molecule has 0 saturated heterocycles. The fourth-order valence-electron chi connectivity index (χ4n) is 2.97. The zero-order valence-corrected chi connectivity index (χ0v) is 13.4. The lowest BCUT2D eigenvalue weighted by atomic mass is 10.0. The number of fused-ring (bicyclic) bond motifs is 3. The van der Waals surface area contributed by atoms with E-state index < -0.39 is 0 Å². The zero-order chi connectivity index (χ0) is 15.1. The number of aryl methyl sites for hydroxylation is 1. The van der Waals surface area contributed by atoms with E-state index in [9.17, 15) is 0 Å². The van der Waals surface area contributed by atoms with Crippen LogP contribution in [0.4, 0.5) is 5.69 Å². The largest absolute Gasteiger partial charge is 0.359 e. The van der Waals surface area contributed by atoms with Crippen molar-refractivity contribution in [1.82, 2.24) is 9.78 Å². The van der Waals surface area contributed by atoms with Crippen LogP contribution in [0.5, 0.6) is 0 Å². The average molecular weight is 307 g/mol. The molecule has 3 nitrogen and oxygen atoms in total. The van der Waals surface area contributed by atoms with Crippen LogP contribution in [0.1, 0.15) is 17.4 Å². The molecule has 4 heteroatoms. The van der Waals surface area contributed by atoms with Crippen molar-refractivity contribution in [3.8, 4) is 11.3 Å². The van der Waals surface area contributed by atoms with Crippen LogP contribution >= 0.6 is 11.8 Å². The maximum absolute atomic E-state index is 4.70. The minimum absolute atomic E-state index is 0.0366. The van der Waals surface area contributed by atoms with E-state index in [4.69, 9.17) is 5.10 Å². The maximum atomic E-state index is 4.70. The van der Waals surface area contributed by atoms with E-state index in [1.54, 1.807) is 11.8 Å². The van der Waals surface area contributed by atoms with Gasteiger partial charge in [0.2, 0.25) is 0 Å². The number of thioether (sulfide) groups is 1. The lowest BCUT2D eigenvalue weighted by Gasteiger charge is -2.29. The Labute approximate surface area is 134 Å². The first-order valence-electron chi connectivity index (χ1n) is 7.32. The molecule has 1 aliphatic rings. The highest BCUT2D eigenvalue weighted by atomic mass is 32.2. The highest BCUT2D eigenvalue weighted by Gasteiger charge is 2.25. The summed E-state index contributed by atoms with van der Waals surface area (Å²) in [6.45, 7) is 2.04. The van der Waals surface area contributed by atoms with Gasteiger partial charge in [-0.25, -0.2) is 4.68 Å². The third-order valence-corrected chi connectivity index (χ3v) is 4.77. The van der Waals surface area contributed by atoms with Crippen LogP contribution in [0.15, 0.2) is 59.5 Å². The standard InChI is InChI=1S/C18H17N3S/c1-12-11-17-15-5-3-4-6-16(15)19-18(21(17)20-12)13-7-9-14(22-2)10-8-13/h3-11,18-19H,1-2H3/t18-/m0/s1. The first kappa shape index (κ1) is 13.5. The van der Waals surface area contributed by atoms with Gasteiger partial charge in [-0.15, -0.1) is 11.8 Å². The highest BCUT2D eigenvalue weighted by molar-refractivity contribution is 7.98. The van der Waals surface area contributed by atoms with Crippen LogP contribution in [-0.2, 0) is 0 Å². The van der Waals surface area contributed by atoms with Gasteiger partial charge in [-0.3, -0.25) is 0 Å². The molecule has 2 heterocycles. The molecule has 0 amide bonds. The third-order valence-electron chi connectivity index (χ3n) is 4.03. The zero-order valence-electron chi connectivity index (χ0n) is 12.6. The van der Waals surface area contributed by atoms with Gasteiger partial charge in [-0.2, -0.15) is 5.10 Å². The number of hydrogen-bond acceptors (Lipinski definition) is 3. The molecule has 0 spiro atoms. The van der Waals surface area contributed by atoms with E-state index in [0.29, 0.717) is 0 Å². The Kier molecular flexibility index (Phi) is 3.19. The summed E-state index contributed by atoms with van der Waals surface area (Å²) in [6.07, 6.45) is 2.13. The highest BCUT2D eigenvalue weighted by Crippen LogP contribution is 2.38. The second kappa shape index (κ2) is 5.21. The molecule has 110 valence electrons. The van der Waals surface area contributed by atoms with Gasteiger partial charge in [-0.05, 0) is 43.0 Å². The fourth-order valence-corrected chi connectivity index (χ4v) is 3.37. The quantitative estimate of drug-likeness (QED) is 0.704. The molecule has 3 aromatic rings. The van der Waals surface area contributed by atoms with Gasteiger partial charge in [0, 0.05) is 16.1 Å². The first-order valence-corrected chi connectivity index (χ1v) is 8.55. The summed E-state index contributed by atoms with van der Waals surface area (Å²) in [5.74, 6) is 0. The van der Waals surface area contributed by atoms with Crippen molar-refractivity contribution in [1.29, 1.82) is 0 Å². The first-order chi connectivity index (χ1) is 10.8. The van der Waals surface area contributed by atoms with E-state index in [2.05, 4.69) is 70.9 Å². The molecule has 0 bridgehead atoms. The lowest BCUT2D eigenvalue weighted by Crippen LogP contribution is -2.25.